The van der Waals surface area contributed by atoms with Gasteiger partial charge in [0.2, 0.25) is 0 Å². The van der Waals surface area contributed by atoms with Crippen LogP contribution in [0.25, 0.3) is 22.3 Å². The minimum absolute atomic E-state index is 0.0787. The molecule has 0 spiro atoms. The number of nitriles is 1. The van der Waals surface area contributed by atoms with Gasteiger partial charge in [0.15, 0.2) is 0 Å². The van der Waals surface area contributed by atoms with Crippen molar-refractivity contribution in [2.75, 3.05) is 0 Å². The minimum Gasteiger partial charge on any atom is -0.205 e. The topological polar surface area (TPSA) is 23.8 Å². The summed E-state index contributed by atoms with van der Waals surface area (Å²) in [6.07, 6.45) is 10.2. The van der Waals surface area contributed by atoms with E-state index in [0.29, 0.717) is 5.56 Å². The Kier molecular flexibility index (Phi) is 8.21. The van der Waals surface area contributed by atoms with E-state index in [-0.39, 0.29) is 5.56 Å². The summed E-state index contributed by atoms with van der Waals surface area (Å²) in [5.41, 5.74) is 4.78. The van der Waals surface area contributed by atoms with Crippen LogP contribution in [-0.2, 0) is 6.42 Å². The van der Waals surface area contributed by atoms with Crippen LogP contribution >= 0.6 is 0 Å². The Morgan fingerprint density at radius 2 is 1.40 bits per heavy atom. The molecule has 0 fully saturated rings. The maximum absolute atomic E-state index is 14.8. The van der Waals surface area contributed by atoms with Gasteiger partial charge in [0.05, 0.1) is 5.56 Å². The van der Waals surface area contributed by atoms with Crippen molar-refractivity contribution < 1.29 is 4.39 Å². The number of unbranched alkanes of at least 4 members (excludes halogenated alkanes) is 6. The first kappa shape index (κ1) is 21.8. The average Bonchev–Trinajstić information content (AvgIpc) is 2.79. The van der Waals surface area contributed by atoms with Crippen LogP contribution in [-0.4, -0.2) is 0 Å². The molecule has 0 bridgehead atoms. The van der Waals surface area contributed by atoms with E-state index in [1.807, 2.05) is 30.3 Å². The molecule has 0 amide bonds. The van der Waals surface area contributed by atoms with Crippen LogP contribution < -0.4 is 0 Å². The van der Waals surface area contributed by atoms with Gasteiger partial charge in [-0.2, -0.15) is 5.26 Å². The van der Waals surface area contributed by atoms with Gasteiger partial charge in [-0.1, -0.05) is 106 Å². The van der Waals surface area contributed by atoms with Crippen LogP contribution in [0.5, 0.6) is 0 Å². The highest BCUT2D eigenvalue weighted by Crippen LogP contribution is 2.34. The summed E-state index contributed by atoms with van der Waals surface area (Å²) >= 11 is 0. The zero-order valence-electron chi connectivity index (χ0n) is 17.8. The molecule has 1 nitrogen and oxygen atoms in total. The van der Waals surface area contributed by atoms with Crippen LogP contribution in [0.1, 0.15) is 63.0 Å². The first-order valence-electron chi connectivity index (χ1n) is 11.1. The van der Waals surface area contributed by atoms with Crippen molar-refractivity contribution in [3.05, 3.63) is 83.7 Å². The molecule has 0 saturated heterocycles. The second kappa shape index (κ2) is 11.3. The molecule has 3 aromatic carbocycles. The summed E-state index contributed by atoms with van der Waals surface area (Å²) in [7, 11) is 0. The molecule has 3 aromatic rings. The SMILES string of the molecule is CCCCCCCCCc1cccc(-c2ccccc2-c2cccc(C#N)c2F)c1. The lowest BCUT2D eigenvalue weighted by atomic mass is 9.92. The summed E-state index contributed by atoms with van der Waals surface area (Å²) in [5, 5.41) is 9.19. The molecule has 30 heavy (non-hydrogen) atoms. The van der Waals surface area contributed by atoms with Crippen molar-refractivity contribution in [2.45, 2.75) is 58.3 Å². The normalized spacial score (nSPS) is 10.7. The van der Waals surface area contributed by atoms with Crippen LogP contribution in [0.15, 0.2) is 66.7 Å². The van der Waals surface area contributed by atoms with E-state index in [2.05, 4.69) is 31.2 Å². The van der Waals surface area contributed by atoms with Crippen molar-refractivity contribution in [3.8, 4) is 28.3 Å². The molecule has 0 saturated carbocycles. The second-order valence-corrected chi connectivity index (χ2v) is 7.90. The molecule has 2 heteroatoms. The molecule has 0 heterocycles. The molecule has 0 unspecified atom stereocenters. The van der Waals surface area contributed by atoms with E-state index in [0.717, 1.165) is 23.1 Å². The summed E-state index contributed by atoms with van der Waals surface area (Å²) in [6, 6.07) is 23.4. The van der Waals surface area contributed by atoms with Gasteiger partial charge in [0.25, 0.3) is 0 Å². The molecule has 0 aliphatic rings. The Morgan fingerprint density at radius 3 is 2.17 bits per heavy atom. The Labute approximate surface area is 180 Å². The van der Waals surface area contributed by atoms with E-state index in [1.165, 1.54) is 56.6 Å². The van der Waals surface area contributed by atoms with Crippen molar-refractivity contribution >= 4 is 0 Å². The van der Waals surface area contributed by atoms with E-state index in [4.69, 9.17) is 0 Å². The number of halogens is 1. The maximum atomic E-state index is 14.8. The summed E-state index contributed by atoms with van der Waals surface area (Å²) in [4.78, 5) is 0. The smallest absolute Gasteiger partial charge is 0.148 e. The molecule has 0 N–H and O–H groups in total. The zero-order valence-corrected chi connectivity index (χ0v) is 17.8. The van der Waals surface area contributed by atoms with Gasteiger partial charge in [-0.15, -0.1) is 0 Å². The van der Waals surface area contributed by atoms with E-state index in [9.17, 15) is 9.65 Å². The van der Waals surface area contributed by atoms with Gasteiger partial charge < -0.3 is 0 Å². The number of rotatable bonds is 10. The quantitative estimate of drug-likeness (QED) is 0.314. The third-order valence-electron chi connectivity index (χ3n) is 5.64. The number of benzene rings is 3. The Bertz CT molecular complexity index is 1000. The van der Waals surface area contributed by atoms with Crippen molar-refractivity contribution in [1.29, 1.82) is 5.26 Å². The predicted octanol–water partition coefficient (Wildman–Crippen LogP) is 8.32. The number of hydrogen-bond acceptors (Lipinski definition) is 1. The van der Waals surface area contributed by atoms with Crippen molar-refractivity contribution in [3.63, 3.8) is 0 Å². The van der Waals surface area contributed by atoms with E-state index < -0.39 is 5.82 Å². The highest BCUT2D eigenvalue weighted by Gasteiger charge is 2.14. The lowest BCUT2D eigenvalue weighted by Gasteiger charge is -2.13. The first-order valence-corrected chi connectivity index (χ1v) is 11.1. The summed E-state index contributed by atoms with van der Waals surface area (Å²) < 4.78 is 14.8. The Hall–Kier alpha value is -2.92. The number of hydrogen-bond donors (Lipinski definition) is 0. The fourth-order valence-electron chi connectivity index (χ4n) is 3.98. The third-order valence-corrected chi connectivity index (χ3v) is 5.64. The van der Waals surface area contributed by atoms with Gasteiger partial charge in [-0.05, 0) is 41.2 Å². The maximum Gasteiger partial charge on any atom is 0.148 e. The van der Waals surface area contributed by atoms with E-state index >= 15 is 0 Å². The zero-order chi connectivity index (χ0) is 21.2. The number of nitrogens with zero attached hydrogens (tertiary/aromatic N) is 1. The fourth-order valence-corrected chi connectivity index (χ4v) is 3.98. The third kappa shape index (κ3) is 5.57. The molecule has 154 valence electrons. The summed E-state index contributed by atoms with van der Waals surface area (Å²) in [5.74, 6) is -0.452. The molecule has 0 aliphatic carbocycles. The van der Waals surface area contributed by atoms with Crippen LogP contribution in [0.3, 0.4) is 0 Å². The van der Waals surface area contributed by atoms with Crippen molar-refractivity contribution in [1.82, 2.24) is 0 Å². The molecular weight excluding hydrogens is 369 g/mol. The molecular formula is C28H30FN. The molecule has 0 atom stereocenters. The highest BCUT2D eigenvalue weighted by molar-refractivity contribution is 5.84. The average molecular weight is 400 g/mol. The van der Waals surface area contributed by atoms with Gasteiger partial charge in [-0.25, -0.2) is 4.39 Å². The van der Waals surface area contributed by atoms with Gasteiger partial charge >= 0.3 is 0 Å². The standard InChI is InChI=1S/C28H30FN/c1-2-3-4-5-6-7-8-13-22-14-11-15-23(20-22)25-17-9-10-18-26(25)27-19-12-16-24(21-30)28(27)29/h9-12,14-20H,2-8,13H2,1H3. The minimum atomic E-state index is -0.452. The number of aryl methyl sites for hydroxylation is 1. The Morgan fingerprint density at radius 1 is 0.733 bits per heavy atom. The molecule has 0 aliphatic heterocycles. The van der Waals surface area contributed by atoms with Crippen LogP contribution in [0.4, 0.5) is 4.39 Å². The van der Waals surface area contributed by atoms with Gasteiger partial charge in [0.1, 0.15) is 11.9 Å². The molecule has 3 rings (SSSR count). The lowest BCUT2D eigenvalue weighted by Crippen LogP contribution is -1.93. The summed E-state index contributed by atoms with van der Waals surface area (Å²) in [6.45, 7) is 2.25. The van der Waals surface area contributed by atoms with Crippen molar-refractivity contribution in [2.24, 2.45) is 0 Å². The fraction of sp³-hybridized carbons (Fsp3) is 0.321. The van der Waals surface area contributed by atoms with Crippen LogP contribution in [0, 0.1) is 17.1 Å². The predicted molar refractivity (Wildman–Crippen MR) is 124 cm³/mol. The van der Waals surface area contributed by atoms with Gasteiger partial charge in [0, 0.05) is 5.56 Å². The van der Waals surface area contributed by atoms with Gasteiger partial charge in [-0.3, -0.25) is 0 Å². The monoisotopic (exact) mass is 399 g/mol. The second-order valence-electron chi connectivity index (χ2n) is 7.90. The van der Waals surface area contributed by atoms with Crippen LogP contribution in [0.2, 0.25) is 0 Å². The Balaban J connectivity index is 1.76. The largest absolute Gasteiger partial charge is 0.205 e. The first-order chi connectivity index (χ1) is 14.7. The molecule has 0 aromatic heterocycles. The van der Waals surface area contributed by atoms with E-state index in [1.54, 1.807) is 12.1 Å². The molecule has 0 radical (unpaired) electrons. The lowest BCUT2D eigenvalue weighted by molar-refractivity contribution is 0.589. The highest BCUT2D eigenvalue weighted by atomic mass is 19.1.